The van der Waals surface area contributed by atoms with Gasteiger partial charge in [-0.15, -0.1) is 0 Å². The van der Waals surface area contributed by atoms with E-state index < -0.39 is 0 Å². The molecule has 2 rings (SSSR count). The Labute approximate surface area is 120 Å². The van der Waals surface area contributed by atoms with Crippen molar-refractivity contribution in [1.82, 2.24) is 5.43 Å². The molecule has 1 atom stereocenters. The number of hydrogen-bond donors (Lipinski definition) is 2. The summed E-state index contributed by atoms with van der Waals surface area (Å²) in [5, 5.41) is 0.726. The van der Waals surface area contributed by atoms with Gasteiger partial charge in [-0.25, -0.2) is 0 Å². The summed E-state index contributed by atoms with van der Waals surface area (Å²) in [4.78, 5) is 0. The highest BCUT2D eigenvalue weighted by molar-refractivity contribution is 6.30. The van der Waals surface area contributed by atoms with Crippen LogP contribution in [0.1, 0.15) is 38.5 Å². The Morgan fingerprint density at radius 2 is 1.79 bits per heavy atom. The van der Waals surface area contributed by atoms with Crippen LogP contribution in [0.15, 0.2) is 24.3 Å². The predicted molar refractivity (Wildman–Crippen MR) is 79.3 cm³/mol. The molecule has 1 fully saturated rings. The number of nitrogens with two attached hydrogens (primary N) is 1. The van der Waals surface area contributed by atoms with Crippen LogP contribution in [0.2, 0.25) is 5.02 Å². The van der Waals surface area contributed by atoms with Gasteiger partial charge in [0.2, 0.25) is 0 Å². The third kappa shape index (κ3) is 4.68. The minimum absolute atomic E-state index is 0.230. The maximum Gasteiger partial charge on any atom is 0.119 e. The Balaban J connectivity index is 1.85. The first-order valence-electron chi connectivity index (χ1n) is 7.14. The van der Waals surface area contributed by atoms with E-state index in [0.717, 1.165) is 10.8 Å². The normalized spacial score (nSPS) is 18.8. The first kappa shape index (κ1) is 14.6. The van der Waals surface area contributed by atoms with E-state index in [2.05, 4.69) is 5.43 Å². The van der Waals surface area contributed by atoms with Gasteiger partial charge in [0.25, 0.3) is 0 Å². The molecule has 19 heavy (non-hydrogen) atoms. The summed E-state index contributed by atoms with van der Waals surface area (Å²) in [6.07, 6.45) is 7.82. The van der Waals surface area contributed by atoms with Crippen molar-refractivity contribution in [2.24, 2.45) is 11.8 Å². The van der Waals surface area contributed by atoms with Crippen LogP contribution in [0.4, 0.5) is 0 Å². The van der Waals surface area contributed by atoms with E-state index >= 15 is 0 Å². The quantitative estimate of drug-likeness (QED) is 0.493. The largest absolute Gasteiger partial charge is 0.492 e. The molecule has 1 aromatic rings. The predicted octanol–water partition coefficient (Wildman–Crippen LogP) is 3.52. The molecule has 4 heteroatoms. The second-order valence-electron chi connectivity index (χ2n) is 5.29. The molecule has 0 aromatic heterocycles. The zero-order valence-electron chi connectivity index (χ0n) is 11.3. The zero-order chi connectivity index (χ0) is 13.5. The summed E-state index contributed by atoms with van der Waals surface area (Å²) in [5.41, 5.74) is 2.93. The summed E-state index contributed by atoms with van der Waals surface area (Å²) in [6.45, 7) is 0.614. The minimum Gasteiger partial charge on any atom is -0.492 e. The number of halogens is 1. The molecule has 0 heterocycles. The van der Waals surface area contributed by atoms with Gasteiger partial charge in [-0.3, -0.25) is 11.3 Å². The molecule has 3 nitrogen and oxygen atoms in total. The lowest BCUT2D eigenvalue weighted by Crippen LogP contribution is -2.44. The van der Waals surface area contributed by atoms with Crippen molar-refractivity contribution in [3.05, 3.63) is 29.3 Å². The fraction of sp³-hybridized carbons (Fsp3) is 0.600. The minimum atomic E-state index is 0.230. The summed E-state index contributed by atoms with van der Waals surface area (Å²) in [7, 11) is 0. The van der Waals surface area contributed by atoms with Crippen molar-refractivity contribution in [3.8, 4) is 5.75 Å². The van der Waals surface area contributed by atoms with E-state index in [0.29, 0.717) is 12.5 Å². The maximum atomic E-state index is 5.85. The topological polar surface area (TPSA) is 47.3 Å². The number of hydrogen-bond acceptors (Lipinski definition) is 3. The summed E-state index contributed by atoms with van der Waals surface area (Å²) in [6, 6.07) is 7.70. The van der Waals surface area contributed by atoms with Crippen LogP contribution in [0.3, 0.4) is 0 Å². The Hall–Kier alpha value is -0.770. The molecule has 1 aliphatic rings. The average Bonchev–Trinajstić information content (AvgIpc) is 2.71. The van der Waals surface area contributed by atoms with Crippen LogP contribution in [0, 0.1) is 5.92 Å². The van der Waals surface area contributed by atoms with Crippen LogP contribution in [0.25, 0.3) is 0 Å². The van der Waals surface area contributed by atoms with Gasteiger partial charge in [0.05, 0.1) is 6.04 Å². The second kappa shape index (κ2) is 7.73. The SMILES string of the molecule is NNC(COc1ccc(Cl)cc1)C1CCCCCC1. The lowest BCUT2D eigenvalue weighted by Gasteiger charge is -2.25. The van der Waals surface area contributed by atoms with Crippen LogP contribution < -0.4 is 16.0 Å². The molecule has 3 N–H and O–H groups in total. The van der Waals surface area contributed by atoms with Gasteiger partial charge in [0, 0.05) is 5.02 Å². The molecule has 0 saturated heterocycles. The van der Waals surface area contributed by atoms with Gasteiger partial charge in [-0.2, -0.15) is 0 Å². The smallest absolute Gasteiger partial charge is 0.119 e. The summed E-state index contributed by atoms with van der Waals surface area (Å²) >= 11 is 5.85. The molecular weight excluding hydrogens is 260 g/mol. The van der Waals surface area contributed by atoms with E-state index in [1.807, 2.05) is 24.3 Å². The molecule has 0 aliphatic heterocycles. The van der Waals surface area contributed by atoms with Crippen molar-refractivity contribution >= 4 is 11.6 Å². The molecule has 0 amide bonds. The van der Waals surface area contributed by atoms with Gasteiger partial charge in [-0.05, 0) is 43.0 Å². The molecular formula is C15H23ClN2O. The van der Waals surface area contributed by atoms with Crippen molar-refractivity contribution in [3.63, 3.8) is 0 Å². The molecule has 106 valence electrons. The number of nitrogens with one attached hydrogen (secondary N) is 1. The van der Waals surface area contributed by atoms with Crippen LogP contribution in [-0.2, 0) is 0 Å². The Morgan fingerprint density at radius 1 is 1.16 bits per heavy atom. The highest BCUT2D eigenvalue weighted by Gasteiger charge is 2.22. The number of rotatable bonds is 5. The van der Waals surface area contributed by atoms with E-state index in [-0.39, 0.29) is 6.04 Å². The lowest BCUT2D eigenvalue weighted by atomic mass is 9.93. The highest BCUT2D eigenvalue weighted by atomic mass is 35.5. The lowest BCUT2D eigenvalue weighted by molar-refractivity contribution is 0.205. The van der Waals surface area contributed by atoms with Crippen LogP contribution in [0.5, 0.6) is 5.75 Å². The molecule has 1 aliphatic carbocycles. The van der Waals surface area contributed by atoms with Gasteiger partial charge >= 0.3 is 0 Å². The number of benzene rings is 1. The second-order valence-corrected chi connectivity index (χ2v) is 5.73. The average molecular weight is 283 g/mol. The number of ether oxygens (including phenoxy) is 1. The Morgan fingerprint density at radius 3 is 2.37 bits per heavy atom. The molecule has 1 unspecified atom stereocenters. The van der Waals surface area contributed by atoms with Gasteiger partial charge in [-0.1, -0.05) is 37.3 Å². The highest BCUT2D eigenvalue weighted by Crippen LogP contribution is 2.26. The standard InChI is InChI=1S/C15H23ClN2O/c16-13-7-9-14(10-8-13)19-11-15(18-17)12-5-3-1-2-4-6-12/h7-10,12,15,18H,1-6,11,17H2. The summed E-state index contributed by atoms with van der Waals surface area (Å²) < 4.78 is 5.81. The van der Waals surface area contributed by atoms with E-state index in [4.69, 9.17) is 22.2 Å². The van der Waals surface area contributed by atoms with Gasteiger partial charge in [0.15, 0.2) is 0 Å². The Kier molecular flexibility index (Phi) is 5.95. The van der Waals surface area contributed by atoms with E-state index in [1.165, 1.54) is 38.5 Å². The van der Waals surface area contributed by atoms with Crippen molar-refractivity contribution < 1.29 is 4.74 Å². The monoisotopic (exact) mass is 282 g/mol. The first-order chi connectivity index (χ1) is 9.29. The molecule has 0 radical (unpaired) electrons. The zero-order valence-corrected chi connectivity index (χ0v) is 12.0. The molecule has 0 bridgehead atoms. The van der Waals surface area contributed by atoms with Crippen molar-refractivity contribution in [2.75, 3.05) is 6.61 Å². The molecule has 1 saturated carbocycles. The third-order valence-corrected chi connectivity index (χ3v) is 4.18. The van der Waals surface area contributed by atoms with Gasteiger partial charge in [0.1, 0.15) is 12.4 Å². The van der Waals surface area contributed by atoms with Crippen LogP contribution >= 0.6 is 11.6 Å². The fourth-order valence-corrected chi connectivity index (χ4v) is 2.88. The number of hydrazine groups is 1. The molecule has 0 spiro atoms. The van der Waals surface area contributed by atoms with E-state index in [1.54, 1.807) is 0 Å². The van der Waals surface area contributed by atoms with Gasteiger partial charge < -0.3 is 4.74 Å². The van der Waals surface area contributed by atoms with Crippen molar-refractivity contribution in [2.45, 2.75) is 44.6 Å². The summed E-state index contributed by atoms with van der Waals surface area (Å²) in [5.74, 6) is 7.16. The molecule has 1 aromatic carbocycles. The Bertz CT molecular complexity index is 361. The fourth-order valence-electron chi connectivity index (χ4n) is 2.75. The maximum absolute atomic E-state index is 5.85. The van der Waals surface area contributed by atoms with Crippen molar-refractivity contribution in [1.29, 1.82) is 0 Å². The first-order valence-corrected chi connectivity index (χ1v) is 7.52. The third-order valence-electron chi connectivity index (χ3n) is 3.93. The van der Waals surface area contributed by atoms with E-state index in [9.17, 15) is 0 Å². The van der Waals surface area contributed by atoms with Crippen LogP contribution in [-0.4, -0.2) is 12.6 Å².